The monoisotopic (exact) mass is 375 g/mol. The summed E-state index contributed by atoms with van der Waals surface area (Å²) in [4.78, 5) is 29.5. The number of alkyl halides is 3. The van der Waals surface area contributed by atoms with Crippen LogP contribution in [0.2, 0.25) is 0 Å². The highest BCUT2D eigenvalue weighted by Crippen LogP contribution is 2.30. The summed E-state index contributed by atoms with van der Waals surface area (Å²) in [6, 6.07) is 10.2. The minimum atomic E-state index is -4.51. The molecule has 0 radical (unpaired) electrons. The molecular weight excluding hydrogens is 359 g/mol. The van der Waals surface area contributed by atoms with Crippen molar-refractivity contribution in [3.8, 4) is 0 Å². The SMILES string of the molecule is CC[C@@H](C(=O)Nc1cccc(C(F)(F)F)c1)n1cnc2ccccc2c1=O. The van der Waals surface area contributed by atoms with E-state index in [1.165, 1.54) is 23.0 Å². The second-order valence-corrected chi connectivity index (χ2v) is 5.97. The molecule has 0 fully saturated rings. The lowest BCUT2D eigenvalue weighted by Gasteiger charge is -2.18. The van der Waals surface area contributed by atoms with Gasteiger partial charge in [-0.05, 0) is 36.8 Å². The largest absolute Gasteiger partial charge is 0.416 e. The highest BCUT2D eigenvalue weighted by Gasteiger charge is 2.30. The van der Waals surface area contributed by atoms with Crippen LogP contribution >= 0.6 is 0 Å². The Morgan fingerprint density at radius 3 is 2.63 bits per heavy atom. The van der Waals surface area contributed by atoms with E-state index in [-0.39, 0.29) is 17.7 Å². The third-order valence-electron chi connectivity index (χ3n) is 4.17. The summed E-state index contributed by atoms with van der Waals surface area (Å²) in [5, 5.41) is 2.82. The van der Waals surface area contributed by atoms with E-state index in [1.807, 2.05) is 0 Å². The van der Waals surface area contributed by atoms with E-state index in [0.29, 0.717) is 10.9 Å². The Labute approximate surface area is 152 Å². The van der Waals surface area contributed by atoms with E-state index in [9.17, 15) is 22.8 Å². The van der Waals surface area contributed by atoms with Crippen LogP contribution in [0.1, 0.15) is 24.9 Å². The van der Waals surface area contributed by atoms with Crippen LogP contribution in [0.3, 0.4) is 0 Å². The van der Waals surface area contributed by atoms with Gasteiger partial charge in [-0.15, -0.1) is 0 Å². The maximum absolute atomic E-state index is 12.8. The normalized spacial score (nSPS) is 12.7. The standard InChI is InChI=1S/C19H16F3N3O2/c1-2-16(25-11-23-15-9-4-3-8-14(15)18(25)27)17(26)24-13-7-5-6-12(10-13)19(20,21)22/h3-11,16H,2H2,1H3,(H,24,26)/t16-/m0/s1. The summed E-state index contributed by atoms with van der Waals surface area (Å²) in [6.07, 6.45) is -2.96. The van der Waals surface area contributed by atoms with Gasteiger partial charge in [-0.1, -0.05) is 25.1 Å². The molecule has 3 aromatic rings. The molecule has 1 amide bonds. The van der Waals surface area contributed by atoms with Crippen LogP contribution in [-0.4, -0.2) is 15.5 Å². The van der Waals surface area contributed by atoms with Gasteiger partial charge in [0.25, 0.3) is 5.56 Å². The highest BCUT2D eigenvalue weighted by molar-refractivity contribution is 5.94. The van der Waals surface area contributed by atoms with E-state index in [2.05, 4.69) is 10.3 Å². The second kappa shape index (κ2) is 7.22. The third-order valence-corrected chi connectivity index (χ3v) is 4.17. The maximum Gasteiger partial charge on any atom is 0.416 e. The molecule has 0 spiro atoms. The zero-order valence-electron chi connectivity index (χ0n) is 14.3. The van der Waals surface area contributed by atoms with Crippen molar-refractivity contribution < 1.29 is 18.0 Å². The second-order valence-electron chi connectivity index (χ2n) is 5.97. The minimum Gasteiger partial charge on any atom is -0.324 e. The maximum atomic E-state index is 12.8. The number of hydrogen-bond donors (Lipinski definition) is 1. The lowest BCUT2D eigenvalue weighted by molar-refractivity contribution is -0.137. The number of carbonyl (C=O) groups is 1. The fourth-order valence-corrected chi connectivity index (χ4v) is 2.81. The van der Waals surface area contributed by atoms with E-state index < -0.39 is 23.7 Å². The number of rotatable bonds is 4. The van der Waals surface area contributed by atoms with Gasteiger partial charge < -0.3 is 5.32 Å². The van der Waals surface area contributed by atoms with Crippen molar-refractivity contribution in [1.82, 2.24) is 9.55 Å². The molecule has 140 valence electrons. The van der Waals surface area contributed by atoms with Crippen molar-refractivity contribution >= 4 is 22.5 Å². The van der Waals surface area contributed by atoms with Crippen LogP contribution in [0.4, 0.5) is 18.9 Å². The Morgan fingerprint density at radius 2 is 1.93 bits per heavy atom. The molecule has 2 aromatic carbocycles. The molecule has 0 aliphatic rings. The molecule has 5 nitrogen and oxygen atoms in total. The van der Waals surface area contributed by atoms with Crippen molar-refractivity contribution in [3.63, 3.8) is 0 Å². The van der Waals surface area contributed by atoms with Crippen molar-refractivity contribution in [2.24, 2.45) is 0 Å². The summed E-state index contributed by atoms with van der Waals surface area (Å²) in [5.74, 6) is -0.587. The van der Waals surface area contributed by atoms with Crippen LogP contribution in [0.5, 0.6) is 0 Å². The Balaban J connectivity index is 1.92. The van der Waals surface area contributed by atoms with Gasteiger partial charge in [0, 0.05) is 5.69 Å². The van der Waals surface area contributed by atoms with Gasteiger partial charge in [-0.3, -0.25) is 14.2 Å². The first-order valence-electron chi connectivity index (χ1n) is 8.25. The molecule has 1 aromatic heterocycles. The first kappa shape index (κ1) is 18.6. The zero-order chi connectivity index (χ0) is 19.6. The number of para-hydroxylation sites is 1. The Morgan fingerprint density at radius 1 is 1.19 bits per heavy atom. The van der Waals surface area contributed by atoms with E-state index in [1.54, 1.807) is 31.2 Å². The molecule has 0 saturated heterocycles. The van der Waals surface area contributed by atoms with Gasteiger partial charge >= 0.3 is 6.18 Å². The van der Waals surface area contributed by atoms with Gasteiger partial charge in [0.15, 0.2) is 0 Å². The van der Waals surface area contributed by atoms with Crippen molar-refractivity contribution in [2.75, 3.05) is 5.32 Å². The lowest BCUT2D eigenvalue weighted by Crippen LogP contribution is -2.33. The van der Waals surface area contributed by atoms with Crippen LogP contribution in [-0.2, 0) is 11.0 Å². The highest BCUT2D eigenvalue weighted by atomic mass is 19.4. The number of fused-ring (bicyclic) bond motifs is 1. The molecule has 3 rings (SSSR count). The molecule has 0 saturated carbocycles. The van der Waals surface area contributed by atoms with E-state index in [0.717, 1.165) is 12.1 Å². The summed E-state index contributed by atoms with van der Waals surface area (Å²) in [5.41, 5.74) is -0.730. The molecule has 1 N–H and O–H groups in total. The summed E-state index contributed by atoms with van der Waals surface area (Å²) >= 11 is 0. The molecular formula is C19H16F3N3O2. The molecule has 8 heteroatoms. The van der Waals surface area contributed by atoms with Crippen molar-refractivity contribution in [3.05, 3.63) is 70.8 Å². The molecule has 1 atom stereocenters. The predicted octanol–water partition coefficient (Wildman–Crippen LogP) is 4.01. The number of halogens is 3. The molecule has 0 bridgehead atoms. The number of amides is 1. The topological polar surface area (TPSA) is 64.0 Å². The average Bonchev–Trinajstić information content (AvgIpc) is 2.64. The number of benzene rings is 2. The summed E-state index contributed by atoms with van der Waals surface area (Å²) < 4.78 is 39.7. The van der Waals surface area contributed by atoms with Gasteiger partial charge in [-0.2, -0.15) is 13.2 Å². The fraction of sp³-hybridized carbons (Fsp3) is 0.211. The number of nitrogens with one attached hydrogen (secondary N) is 1. The molecule has 0 aliphatic carbocycles. The number of hydrogen-bond acceptors (Lipinski definition) is 3. The average molecular weight is 375 g/mol. The number of aromatic nitrogens is 2. The van der Waals surface area contributed by atoms with Gasteiger partial charge in [0.05, 0.1) is 22.8 Å². The smallest absolute Gasteiger partial charge is 0.324 e. The lowest BCUT2D eigenvalue weighted by atomic mass is 10.1. The van der Waals surface area contributed by atoms with Crippen molar-refractivity contribution in [1.29, 1.82) is 0 Å². The third kappa shape index (κ3) is 3.84. The Kier molecular flexibility index (Phi) is 4.98. The van der Waals surface area contributed by atoms with Crippen LogP contribution < -0.4 is 10.9 Å². The van der Waals surface area contributed by atoms with E-state index >= 15 is 0 Å². The Bertz CT molecular complexity index is 1040. The number of carbonyl (C=O) groups excluding carboxylic acids is 1. The van der Waals surface area contributed by atoms with Gasteiger partial charge in [0.2, 0.25) is 5.91 Å². The zero-order valence-corrected chi connectivity index (χ0v) is 14.3. The molecule has 27 heavy (non-hydrogen) atoms. The summed E-state index contributed by atoms with van der Waals surface area (Å²) in [7, 11) is 0. The van der Waals surface area contributed by atoms with Crippen LogP contribution in [0.25, 0.3) is 10.9 Å². The first-order valence-corrected chi connectivity index (χ1v) is 8.25. The van der Waals surface area contributed by atoms with Crippen LogP contribution in [0.15, 0.2) is 59.7 Å². The minimum absolute atomic E-state index is 0.00933. The summed E-state index contributed by atoms with van der Waals surface area (Å²) in [6.45, 7) is 1.71. The van der Waals surface area contributed by atoms with E-state index in [4.69, 9.17) is 0 Å². The fourth-order valence-electron chi connectivity index (χ4n) is 2.81. The van der Waals surface area contributed by atoms with Crippen molar-refractivity contribution in [2.45, 2.75) is 25.6 Å². The Hall–Kier alpha value is -3.16. The molecule has 0 unspecified atom stereocenters. The predicted molar refractivity (Wildman–Crippen MR) is 95.4 cm³/mol. The number of anilines is 1. The van der Waals surface area contributed by atoms with Gasteiger partial charge in [-0.25, -0.2) is 4.98 Å². The van der Waals surface area contributed by atoms with Crippen LogP contribution in [0, 0.1) is 0 Å². The first-order chi connectivity index (χ1) is 12.8. The number of nitrogens with zero attached hydrogens (tertiary/aromatic N) is 2. The molecule has 1 heterocycles. The quantitative estimate of drug-likeness (QED) is 0.750. The van der Waals surface area contributed by atoms with Gasteiger partial charge in [0.1, 0.15) is 6.04 Å². The molecule has 0 aliphatic heterocycles.